The molecule has 0 saturated heterocycles. The molecule has 0 atom stereocenters. The van der Waals surface area contributed by atoms with Gasteiger partial charge in [-0.1, -0.05) is 174 Å². The molecule has 4 nitrogen and oxygen atoms in total. The minimum absolute atomic E-state index is 0. The Hall–Kier alpha value is -0.930. The number of carbonyl (C=O) groups is 1. The molecule has 0 aromatic rings. The summed E-state index contributed by atoms with van der Waals surface area (Å²) < 4.78 is 0. The van der Waals surface area contributed by atoms with Gasteiger partial charge in [-0.2, -0.15) is 0 Å². The summed E-state index contributed by atoms with van der Waals surface area (Å²) in [5.41, 5.74) is 0. The van der Waals surface area contributed by atoms with Crippen molar-refractivity contribution in [3.63, 3.8) is 0 Å². The number of aliphatic carboxylic acids is 1. The molecule has 306 valence electrons. The zero-order chi connectivity index (χ0) is 38.7. The van der Waals surface area contributed by atoms with E-state index in [0.717, 1.165) is 57.8 Å². The van der Waals surface area contributed by atoms with Crippen LogP contribution in [0.15, 0.2) is 0 Å². The van der Waals surface area contributed by atoms with Crippen LogP contribution in [-0.4, -0.2) is 34.5 Å². The van der Waals surface area contributed by atoms with E-state index < -0.39 is 5.97 Å². The van der Waals surface area contributed by atoms with E-state index in [9.17, 15) is 4.79 Å². The van der Waals surface area contributed by atoms with Gasteiger partial charge >= 0.3 is 35.5 Å². The molecule has 0 radical (unpaired) electrons. The fourth-order valence-electron chi connectivity index (χ4n) is 6.05. The van der Waals surface area contributed by atoms with Crippen LogP contribution >= 0.6 is 0 Å². The number of hydrogen-bond donors (Lipinski definition) is 3. The number of carboxylic acid groups (broad SMARTS) is 1. The van der Waals surface area contributed by atoms with Crippen molar-refractivity contribution in [1.82, 2.24) is 0 Å². The third kappa shape index (κ3) is 69.5. The van der Waals surface area contributed by atoms with E-state index in [4.69, 9.17) is 28.2 Å². The van der Waals surface area contributed by atoms with E-state index in [0.29, 0.717) is 19.6 Å². The Morgan fingerprint density at radius 1 is 0.415 bits per heavy atom. The molecular formula is C48H89NaO4. The molecule has 3 N–H and O–H groups in total. The van der Waals surface area contributed by atoms with Gasteiger partial charge in [0.05, 0.1) is 0 Å². The molecule has 0 aliphatic heterocycles. The second-order valence-electron chi connectivity index (χ2n) is 14.7. The molecule has 53 heavy (non-hydrogen) atoms. The molecule has 0 fully saturated rings. The number of terminal acetylenes is 2. The molecule has 0 saturated carbocycles. The first-order chi connectivity index (χ1) is 25.6. The van der Waals surface area contributed by atoms with Crippen LogP contribution < -0.4 is 29.6 Å². The Kier molecular flexibility index (Phi) is 66.9. The van der Waals surface area contributed by atoms with E-state index in [-0.39, 0.29) is 31.0 Å². The van der Waals surface area contributed by atoms with Crippen LogP contribution in [0.5, 0.6) is 0 Å². The number of aliphatic hydroxyl groups is 2. The van der Waals surface area contributed by atoms with Gasteiger partial charge in [-0.05, 0) is 44.9 Å². The quantitative estimate of drug-likeness (QED) is 0.0335. The summed E-state index contributed by atoms with van der Waals surface area (Å²) in [6, 6.07) is 0. The van der Waals surface area contributed by atoms with Crippen LogP contribution in [0.3, 0.4) is 0 Å². The average Bonchev–Trinajstić information content (AvgIpc) is 3.14. The molecule has 0 aromatic heterocycles. The maximum atomic E-state index is 10.3. The summed E-state index contributed by atoms with van der Waals surface area (Å²) in [6.45, 7) is 2.95. The number of hydrogen-bond acceptors (Lipinski definition) is 3. The summed E-state index contributed by atoms with van der Waals surface area (Å²) in [5.74, 6) is 11.2. The van der Waals surface area contributed by atoms with E-state index in [1.807, 2.05) is 0 Å². The molecular weight excluding hydrogens is 664 g/mol. The van der Waals surface area contributed by atoms with Crippen LogP contribution in [0.2, 0.25) is 0 Å². The molecule has 0 spiro atoms. The van der Waals surface area contributed by atoms with E-state index in [1.165, 1.54) is 180 Å². The summed E-state index contributed by atoms with van der Waals surface area (Å²) in [6.07, 6.45) is 56.5. The third-order valence-electron chi connectivity index (χ3n) is 9.43. The molecule has 0 unspecified atom stereocenters. The predicted molar refractivity (Wildman–Crippen MR) is 229 cm³/mol. The van der Waals surface area contributed by atoms with Gasteiger partial charge in [-0.3, -0.25) is 4.79 Å². The van der Waals surface area contributed by atoms with Crippen LogP contribution in [0.1, 0.15) is 252 Å². The monoisotopic (exact) mass is 753 g/mol. The van der Waals surface area contributed by atoms with Crippen LogP contribution in [0.25, 0.3) is 0 Å². The van der Waals surface area contributed by atoms with Gasteiger partial charge in [-0.25, -0.2) is 0 Å². The standard InChI is InChI=1S/C16H28O2.2C16H30O.Na.H/c1-2-3-4-5-6-7-8-9-10-11-12-13-14-15-16(17)18;2*1-2-3-4-5-6-7-8-9-10-11-12-13-14-15-16-17;;/h1H,3-15H2,(H,17,18);17H,2-8,11-16H2,1H3;1,17H,3-16H2;;/q;;;+1;-1. The first kappa shape index (κ1) is 58.8. The fraction of sp³-hybridized carbons (Fsp3) is 0.854. The van der Waals surface area contributed by atoms with Gasteiger partial charge in [0.25, 0.3) is 0 Å². The molecule has 5 heteroatoms. The molecule has 0 rings (SSSR count). The Bertz CT molecular complexity index is 810. The van der Waals surface area contributed by atoms with Crippen molar-refractivity contribution < 1.29 is 51.1 Å². The van der Waals surface area contributed by atoms with Gasteiger partial charge < -0.3 is 16.7 Å². The van der Waals surface area contributed by atoms with Crippen molar-refractivity contribution >= 4 is 5.97 Å². The Labute approximate surface area is 355 Å². The third-order valence-corrected chi connectivity index (χ3v) is 9.43. The van der Waals surface area contributed by atoms with Gasteiger partial charge in [-0.15, -0.1) is 36.5 Å². The normalized spacial score (nSPS) is 9.98. The second kappa shape index (κ2) is 60.3. The molecule has 0 bridgehead atoms. The molecule has 0 amide bonds. The summed E-state index contributed by atoms with van der Waals surface area (Å²) in [5, 5.41) is 25.7. The fourth-order valence-corrected chi connectivity index (χ4v) is 6.05. The SMILES string of the molecule is C#CCCCCCCCCCCCCCC(=O)O.C#CCCCCCCCCCCCCCCO.CCCCCCCCC#CCCCCCCO.[H-].[Na+]. The number of aliphatic hydroxyl groups excluding tert-OH is 2. The summed E-state index contributed by atoms with van der Waals surface area (Å²) in [4.78, 5) is 10.3. The van der Waals surface area contributed by atoms with E-state index in [2.05, 4.69) is 30.6 Å². The van der Waals surface area contributed by atoms with Gasteiger partial charge in [0, 0.05) is 45.3 Å². The van der Waals surface area contributed by atoms with Gasteiger partial charge in [0.15, 0.2) is 0 Å². The number of carboxylic acids is 1. The number of unbranched alkanes of at least 4 members (excludes halogenated alkanes) is 33. The van der Waals surface area contributed by atoms with Gasteiger partial charge in [0.2, 0.25) is 0 Å². The Morgan fingerprint density at radius 3 is 0.925 bits per heavy atom. The minimum Gasteiger partial charge on any atom is -1.00 e. The number of rotatable bonds is 37. The Balaban J connectivity index is -0.000000218. The summed E-state index contributed by atoms with van der Waals surface area (Å²) >= 11 is 0. The largest absolute Gasteiger partial charge is 1.00 e. The van der Waals surface area contributed by atoms with Crippen molar-refractivity contribution in [3.8, 4) is 36.5 Å². The van der Waals surface area contributed by atoms with Gasteiger partial charge in [0.1, 0.15) is 0 Å². The predicted octanol–water partition coefficient (Wildman–Crippen LogP) is 11.3. The van der Waals surface area contributed by atoms with E-state index in [1.54, 1.807) is 0 Å². The first-order valence-corrected chi connectivity index (χ1v) is 22.4. The van der Waals surface area contributed by atoms with Crippen LogP contribution in [0.4, 0.5) is 0 Å². The zero-order valence-corrected chi connectivity index (χ0v) is 37.7. The maximum absolute atomic E-state index is 10.3. The molecule has 0 aliphatic rings. The smallest absolute Gasteiger partial charge is 1.00 e. The van der Waals surface area contributed by atoms with Crippen molar-refractivity contribution in [2.24, 2.45) is 0 Å². The van der Waals surface area contributed by atoms with Crippen LogP contribution in [-0.2, 0) is 4.79 Å². The van der Waals surface area contributed by atoms with Crippen molar-refractivity contribution in [2.75, 3.05) is 13.2 Å². The van der Waals surface area contributed by atoms with Crippen molar-refractivity contribution in [2.45, 2.75) is 251 Å². The van der Waals surface area contributed by atoms with Crippen molar-refractivity contribution in [1.29, 1.82) is 0 Å². The average molecular weight is 753 g/mol. The molecule has 0 aliphatic carbocycles. The van der Waals surface area contributed by atoms with Crippen LogP contribution in [0, 0.1) is 36.5 Å². The minimum atomic E-state index is -0.667. The molecule has 0 aromatic carbocycles. The van der Waals surface area contributed by atoms with Crippen molar-refractivity contribution in [3.05, 3.63) is 0 Å². The maximum Gasteiger partial charge on any atom is 1.00 e. The molecule has 0 heterocycles. The topological polar surface area (TPSA) is 77.8 Å². The second-order valence-corrected chi connectivity index (χ2v) is 14.7. The van der Waals surface area contributed by atoms with E-state index >= 15 is 0 Å². The summed E-state index contributed by atoms with van der Waals surface area (Å²) in [7, 11) is 0. The zero-order valence-electron chi connectivity index (χ0n) is 36.7. The Morgan fingerprint density at radius 2 is 0.660 bits per heavy atom. The first-order valence-electron chi connectivity index (χ1n) is 22.4.